The van der Waals surface area contributed by atoms with Crippen molar-refractivity contribution in [2.24, 2.45) is 0 Å². The van der Waals surface area contributed by atoms with Crippen LogP contribution in [0.2, 0.25) is 0 Å². The van der Waals surface area contributed by atoms with E-state index >= 15 is 0 Å². The van der Waals surface area contributed by atoms with Crippen LogP contribution in [0.15, 0.2) is 0 Å². The van der Waals surface area contributed by atoms with E-state index in [1.54, 1.807) is 0 Å². The van der Waals surface area contributed by atoms with Gasteiger partial charge in [-0.15, -0.1) is 0 Å². The van der Waals surface area contributed by atoms with Gasteiger partial charge in [-0.25, -0.2) is 0 Å². The maximum absolute atomic E-state index is 5.58. The number of ether oxygens (including phenoxy) is 1. The lowest BCUT2D eigenvalue weighted by molar-refractivity contribution is 0.109. The summed E-state index contributed by atoms with van der Waals surface area (Å²) in [5, 5.41) is 6.97. The van der Waals surface area contributed by atoms with Crippen molar-refractivity contribution in [1.29, 1.82) is 0 Å². The Kier molecular flexibility index (Phi) is 5.03. The third kappa shape index (κ3) is 3.70. The van der Waals surface area contributed by atoms with E-state index in [4.69, 9.17) is 4.74 Å². The van der Waals surface area contributed by atoms with E-state index in [1.165, 1.54) is 25.8 Å². The Balaban J connectivity index is 1.53. The first-order valence-electron chi connectivity index (χ1n) is 6.59. The Bertz CT molecular complexity index is 195. The number of piperazine rings is 1. The van der Waals surface area contributed by atoms with E-state index in [9.17, 15) is 0 Å². The number of rotatable bonds is 5. The van der Waals surface area contributed by atoms with Crippen molar-refractivity contribution in [2.45, 2.75) is 31.4 Å². The molecule has 0 aromatic carbocycles. The van der Waals surface area contributed by atoms with E-state index in [1.807, 2.05) is 0 Å². The molecule has 0 spiro atoms. The van der Waals surface area contributed by atoms with E-state index in [2.05, 4.69) is 22.6 Å². The van der Waals surface area contributed by atoms with Crippen LogP contribution in [-0.2, 0) is 4.74 Å². The summed E-state index contributed by atoms with van der Waals surface area (Å²) in [7, 11) is 2.23. The summed E-state index contributed by atoms with van der Waals surface area (Å²) in [4.78, 5) is 2.46. The number of nitrogens with zero attached hydrogens (tertiary/aromatic N) is 1. The predicted molar refractivity (Wildman–Crippen MR) is 65.7 cm³/mol. The van der Waals surface area contributed by atoms with E-state index in [0.29, 0.717) is 12.1 Å². The van der Waals surface area contributed by atoms with Crippen molar-refractivity contribution in [3.8, 4) is 0 Å². The van der Waals surface area contributed by atoms with Gasteiger partial charge in [0.2, 0.25) is 0 Å². The number of nitrogens with one attached hydrogen (secondary N) is 2. The Morgan fingerprint density at radius 1 is 1.50 bits per heavy atom. The van der Waals surface area contributed by atoms with E-state index in [-0.39, 0.29) is 0 Å². The minimum Gasteiger partial charge on any atom is -0.377 e. The van der Waals surface area contributed by atoms with Gasteiger partial charge in [0.1, 0.15) is 0 Å². The maximum Gasteiger partial charge on any atom is 0.0700 e. The minimum atomic E-state index is 0.474. The highest BCUT2D eigenvalue weighted by molar-refractivity contribution is 4.78. The molecule has 2 saturated heterocycles. The molecule has 2 heterocycles. The summed E-state index contributed by atoms with van der Waals surface area (Å²) < 4.78 is 5.58. The fourth-order valence-corrected chi connectivity index (χ4v) is 2.52. The van der Waals surface area contributed by atoms with Gasteiger partial charge in [0.15, 0.2) is 0 Å². The second-order valence-corrected chi connectivity index (χ2v) is 4.97. The van der Waals surface area contributed by atoms with Crippen molar-refractivity contribution in [3.63, 3.8) is 0 Å². The largest absolute Gasteiger partial charge is 0.377 e. The summed E-state index contributed by atoms with van der Waals surface area (Å²) in [5.41, 5.74) is 0. The predicted octanol–water partition coefficient (Wildman–Crippen LogP) is 0.0487. The van der Waals surface area contributed by atoms with Gasteiger partial charge < -0.3 is 20.3 Å². The van der Waals surface area contributed by atoms with Gasteiger partial charge >= 0.3 is 0 Å². The molecule has 2 N–H and O–H groups in total. The molecule has 2 fully saturated rings. The lowest BCUT2D eigenvalue weighted by atomic mass is 10.1. The average molecular weight is 227 g/mol. The zero-order chi connectivity index (χ0) is 11.2. The van der Waals surface area contributed by atoms with Crippen LogP contribution in [0.3, 0.4) is 0 Å². The maximum atomic E-state index is 5.58. The zero-order valence-electron chi connectivity index (χ0n) is 10.4. The molecule has 2 rings (SSSR count). The standard InChI is InChI=1S/C12H25N3O/c1-15-7-6-14-9-11(15)4-5-13-10-12-3-2-8-16-12/h11-14H,2-10H2,1H3. The molecule has 2 atom stereocenters. The van der Waals surface area contributed by atoms with Gasteiger partial charge in [0, 0.05) is 38.8 Å². The Labute approximate surface area is 98.7 Å². The molecule has 2 aliphatic heterocycles. The highest BCUT2D eigenvalue weighted by Crippen LogP contribution is 2.10. The van der Waals surface area contributed by atoms with Crippen LogP contribution in [0.4, 0.5) is 0 Å². The van der Waals surface area contributed by atoms with Crippen LogP contribution < -0.4 is 10.6 Å². The van der Waals surface area contributed by atoms with Gasteiger partial charge in [0.25, 0.3) is 0 Å². The van der Waals surface area contributed by atoms with E-state index in [0.717, 1.165) is 32.8 Å². The fraction of sp³-hybridized carbons (Fsp3) is 1.00. The summed E-state index contributed by atoms with van der Waals surface area (Å²) in [6.45, 7) is 6.55. The summed E-state index contributed by atoms with van der Waals surface area (Å²) in [6.07, 6.45) is 4.18. The van der Waals surface area contributed by atoms with Gasteiger partial charge in [-0.05, 0) is 32.9 Å². The second-order valence-electron chi connectivity index (χ2n) is 4.97. The van der Waals surface area contributed by atoms with Crippen molar-refractivity contribution in [2.75, 3.05) is 46.4 Å². The first kappa shape index (κ1) is 12.3. The van der Waals surface area contributed by atoms with Crippen molar-refractivity contribution >= 4 is 0 Å². The first-order valence-corrected chi connectivity index (χ1v) is 6.59. The van der Waals surface area contributed by atoms with Crippen LogP contribution >= 0.6 is 0 Å². The molecular weight excluding hydrogens is 202 g/mol. The molecule has 2 aliphatic rings. The second kappa shape index (κ2) is 6.55. The normalized spacial score (nSPS) is 32.1. The lowest BCUT2D eigenvalue weighted by Gasteiger charge is -2.33. The topological polar surface area (TPSA) is 36.5 Å². The Hall–Kier alpha value is -0.160. The SMILES string of the molecule is CN1CCNCC1CCNCC1CCCO1. The molecule has 0 amide bonds. The van der Waals surface area contributed by atoms with Gasteiger partial charge in [-0.1, -0.05) is 0 Å². The third-order valence-corrected chi connectivity index (χ3v) is 3.69. The zero-order valence-corrected chi connectivity index (χ0v) is 10.4. The quantitative estimate of drug-likeness (QED) is 0.651. The fourth-order valence-electron chi connectivity index (χ4n) is 2.52. The Morgan fingerprint density at radius 2 is 2.44 bits per heavy atom. The smallest absolute Gasteiger partial charge is 0.0700 e. The van der Waals surface area contributed by atoms with Gasteiger partial charge in [-0.2, -0.15) is 0 Å². The van der Waals surface area contributed by atoms with Gasteiger partial charge in [0.05, 0.1) is 6.10 Å². The summed E-state index contributed by atoms with van der Waals surface area (Å²) in [6, 6.07) is 0.700. The highest BCUT2D eigenvalue weighted by atomic mass is 16.5. The molecule has 0 aromatic rings. The molecule has 94 valence electrons. The molecule has 16 heavy (non-hydrogen) atoms. The van der Waals surface area contributed by atoms with Crippen LogP contribution in [-0.4, -0.2) is 63.4 Å². The average Bonchev–Trinajstić information content (AvgIpc) is 2.79. The van der Waals surface area contributed by atoms with Crippen molar-refractivity contribution in [3.05, 3.63) is 0 Å². The van der Waals surface area contributed by atoms with Crippen molar-refractivity contribution < 1.29 is 4.74 Å². The lowest BCUT2D eigenvalue weighted by Crippen LogP contribution is -2.50. The highest BCUT2D eigenvalue weighted by Gasteiger charge is 2.18. The molecule has 0 bridgehead atoms. The number of likely N-dealkylation sites (N-methyl/N-ethyl adjacent to an activating group) is 1. The molecule has 0 aliphatic carbocycles. The minimum absolute atomic E-state index is 0.474. The number of hydrogen-bond donors (Lipinski definition) is 2. The molecule has 0 saturated carbocycles. The molecule has 0 radical (unpaired) electrons. The summed E-state index contributed by atoms with van der Waals surface area (Å²) in [5.74, 6) is 0. The van der Waals surface area contributed by atoms with Crippen LogP contribution in [0.1, 0.15) is 19.3 Å². The molecular formula is C12H25N3O. The third-order valence-electron chi connectivity index (χ3n) is 3.69. The van der Waals surface area contributed by atoms with Crippen LogP contribution in [0, 0.1) is 0 Å². The van der Waals surface area contributed by atoms with E-state index < -0.39 is 0 Å². The summed E-state index contributed by atoms with van der Waals surface area (Å²) >= 11 is 0. The Morgan fingerprint density at radius 3 is 3.19 bits per heavy atom. The monoisotopic (exact) mass is 227 g/mol. The number of hydrogen-bond acceptors (Lipinski definition) is 4. The van der Waals surface area contributed by atoms with Crippen LogP contribution in [0.25, 0.3) is 0 Å². The van der Waals surface area contributed by atoms with Crippen molar-refractivity contribution in [1.82, 2.24) is 15.5 Å². The van der Waals surface area contributed by atoms with Gasteiger partial charge in [-0.3, -0.25) is 0 Å². The molecule has 0 aromatic heterocycles. The molecule has 2 unspecified atom stereocenters. The van der Waals surface area contributed by atoms with Crippen LogP contribution in [0.5, 0.6) is 0 Å². The first-order chi connectivity index (χ1) is 7.86. The molecule has 4 nitrogen and oxygen atoms in total. The molecule has 4 heteroatoms.